The molecular formula is C12H18N2. The third-order valence-electron chi connectivity index (χ3n) is 3.11. The molecule has 1 aliphatic heterocycles. The van der Waals surface area contributed by atoms with Crippen molar-refractivity contribution in [2.75, 3.05) is 13.1 Å². The van der Waals surface area contributed by atoms with Gasteiger partial charge in [0.05, 0.1) is 0 Å². The van der Waals surface area contributed by atoms with Crippen LogP contribution in [0, 0.1) is 0 Å². The van der Waals surface area contributed by atoms with Gasteiger partial charge in [-0.05, 0) is 44.4 Å². The van der Waals surface area contributed by atoms with Crippen LogP contribution >= 0.6 is 0 Å². The van der Waals surface area contributed by atoms with Gasteiger partial charge in [0.15, 0.2) is 0 Å². The molecule has 0 saturated carbocycles. The fourth-order valence-corrected chi connectivity index (χ4v) is 2.15. The van der Waals surface area contributed by atoms with E-state index in [2.05, 4.69) is 29.8 Å². The Bertz CT molecular complexity index is 282. The van der Waals surface area contributed by atoms with E-state index >= 15 is 0 Å². The van der Waals surface area contributed by atoms with Gasteiger partial charge in [-0.15, -0.1) is 0 Å². The van der Waals surface area contributed by atoms with E-state index in [0.29, 0.717) is 12.0 Å². The van der Waals surface area contributed by atoms with Crippen LogP contribution in [0.5, 0.6) is 0 Å². The summed E-state index contributed by atoms with van der Waals surface area (Å²) in [7, 11) is 0. The van der Waals surface area contributed by atoms with Crippen LogP contribution in [0.3, 0.4) is 0 Å². The number of hydrogen-bond acceptors (Lipinski definition) is 2. The monoisotopic (exact) mass is 190 g/mol. The minimum atomic E-state index is 0.677. The van der Waals surface area contributed by atoms with Gasteiger partial charge in [0, 0.05) is 25.0 Å². The van der Waals surface area contributed by atoms with Crippen LogP contribution in [0.15, 0.2) is 24.5 Å². The molecule has 2 nitrogen and oxygen atoms in total. The van der Waals surface area contributed by atoms with Crippen LogP contribution in [0.2, 0.25) is 0 Å². The summed E-state index contributed by atoms with van der Waals surface area (Å²) in [6, 6.07) is 4.91. The topological polar surface area (TPSA) is 16.1 Å². The van der Waals surface area contributed by atoms with Crippen molar-refractivity contribution in [3.63, 3.8) is 0 Å². The molecule has 1 aromatic rings. The quantitative estimate of drug-likeness (QED) is 0.711. The zero-order valence-corrected chi connectivity index (χ0v) is 8.98. The first kappa shape index (κ1) is 9.66. The molecule has 1 atom stereocenters. The summed E-state index contributed by atoms with van der Waals surface area (Å²) in [4.78, 5) is 6.72. The van der Waals surface area contributed by atoms with E-state index in [1.165, 1.54) is 25.1 Å². The molecule has 0 amide bonds. The molecule has 0 radical (unpaired) electrons. The predicted octanol–water partition coefficient (Wildman–Crippen LogP) is 2.28. The van der Waals surface area contributed by atoms with Gasteiger partial charge in [-0.25, -0.2) is 0 Å². The number of nitrogens with zero attached hydrogens (tertiary/aromatic N) is 2. The number of rotatable bonds is 2. The number of aromatic nitrogens is 1. The lowest BCUT2D eigenvalue weighted by Crippen LogP contribution is -2.27. The maximum atomic E-state index is 4.18. The zero-order valence-electron chi connectivity index (χ0n) is 8.98. The fourth-order valence-electron chi connectivity index (χ4n) is 2.15. The highest BCUT2D eigenvalue weighted by atomic mass is 15.2. The number of hydrogen-bond donors (Lipinski definition) is 0. The number of pyridine rings is 1. The second-order valence-corrected chi connectivity index (χ2v) is 4.36. The standard InChI is InChI=1S/C12H18N2/c1-10(2)14-7-5-12(9-14)11-4-3-6-13-8-11/h3-4,6,8,10,12H,5,7,9H2,1-2H3. The first-order chi connectivity index (χ1) is 6.77. The Morgan fingerprint density at radius 1 is 1.50 bits per heavy atom. The van der Waals surface area contributed by atoms with Crippen molar-refractivity contribution in [3.8, 4) is 0 Å². The highest BCUT2D eigenvalue weighted by molar-refractivity contribution is 5.16. The van der Waals surface area contributed by atoms with Crippen molar-refractivity contribution in [1.29, 1.82) is 0 Å². The lowest BCUT2D eigenvalue weighted by molar-refractivity contribution is 0.272. The second-order valence-electron chi connectivity index (χ2n) is 4.36. The lowest BCUT2D eigenvalue weighted by atomic mass is 10.0. The minimum Gasteiger partial charge on any atom is -0.300 e. The summed E-state index contributed by atoms with van der Waals surface area (Å²) in [5.74, 6) is 0.700. The fraction of sp³-hybridized carbons (Fsp3) is 0.583. The summed E-state index contributed by atoms with van der Waals surface area (Å²) in [5.41, 5.74) is 1.40. The van der Waals surface area contributed by atoms with Crippen molar-refractivity contribution >= 4 is 0 Å². The summed E-state index contributed by atoms with van der Waals surface area (Å²) in [6.45, 7) is 6.97. The van der Waals surface area contributed by atoms with Crippen molar-refractivity contribution in [2.45, 2.75) is 32.2 Å². The Hall–Kier alpha value is -0.890. The van der Waals surface area contributed by atoms with Gasteiger partial charge >= 0.3 is 0 Å². The van der Waals surface area contributed by atoms with Gasteiger partial charge in [-0.1, -0.05) is 6.07 Å². The molecule has 1 aromatic heterocycles. The van der Waals surface area contributed by atoms with Gasteiger partial charge in [0.1, 0.15) is 0 Å². The molecule has 2 rings (SSSR count). The third kappa shape index (κ3) is 1.95. The molecule has 1 saturated heterocycles. The molecule has 1 fully saturated rings. The normalized spacial score (nSPS) is 23.2. The van der Waals surface area contributed by atoms with Crippen molar-refractivity contribution in [2.24, 2.45) is 0 Å². The molecule has 0 N–H and O–H groups in total. The summed E-state index contributed by atoms with van der Waals surface area (Å²) in [5, 5.41) is 0. The van der Waals surface area contributed by atoms with Gasteiger partial charge < -0.3 is 4.90 Å². The highest BCUT2D eigenvalue weighted by Crippen LogP contribution is 2.27. The Morgan fingerprint density at radius 2 is 2.36 bits per heavy atom. The Labute approximate surface area is 86.0 Å². The van der Waals surface area contributed by atoms with Crippen molar-refractivity contribution in [3.05, 3.63) is 30.1 Å². The number of likely N-dealkylation sites (tertiary alicyclic amines) is 1. The van der Waals surface area contributed by atoms with E-state index in [-0.39, 0.29) is 0 Å². The molecule has 1 aliphatic rings. The first-order valence-corrected chi connectivity index (χ1v) is 5.41. The zero-order chi connectivity index (χ0) is 9.97. The van der Waals surface area contributed by atoms with Gasteiger partial charge in [0.2, 0.25) is 0 Å². The third-order valence-corrected chi connectivity index (χ3v) is 3.11. The van der Waals surface area contributed by atoms with E-state index in [1.54, 1.807) is 0 Å². The molecule has 1 unspecified atom stereocenters. The molecule has 0 aliphatic carbocycles. The Balaban J connectivity index is 2.03. The molecular weight excluding hydrogens is 172 g/mol. The van der Waals surface area contributed by atoms with Gasteiger partial charge in [-0.3, -0.25) is 4.98 Å². The maximum Gasteiger partial charge on any atom is 0.0303 e. The van der Waals surface area contributed by atoms with E-state index in [4.69, 9.17) is 0 Å². The van der Waals surface area contributed by atoms with Gasteiger partial charge in [0.25, 0.3) is 0 Å². The first-order valence-electron chi connectivity index (χ1n) is 5.41. The van der Waals surface area contributed by atoms with E-state index in [0.717, 1.165) is 0 Å². The molecule has 0 bridgehead atoms. The molecule has 0 aromatic carbocycles. The average molecular weight is 190 g/mol. The van der Waals surface area contributed by atoms with Crippen molar-refractivity contribution in [1.82, 2.24) is 9.88 Å². The smallest absolute Gasteiger partial charge is 0.0303 e. The SMILES string of the molecule is CC(C)N1CCC(c2cccnc2)C1. The Morgan fingerprint density at radius 3 is 2.93 bits per heavy atom. The largest absolute Gasteiger partial charge is 0.300 e. The summed E-state index contributed by atoms with van der Waals surface area (Å²) < 4.78 is 0. The van der Waals surface area contributed by atoms with Crippen LogP contribution in [0.1, 0.15) is 31.7 Å². The van der Waals surface area contributed by atoms with Crippen LogP contribution < -0.4 is 0 Å². The lowest BCUT2D eigenvalue weighted by Gasteiger charge is -2.20. The summed E-state index contributed by atoms with van der Waals surface area (Å²) in [6.07, 6.45) is 5.14. The van der Waals surface area contributed by atoms with E-state index in [1.807, 2.05) is 18.5 Å². The highest BCUT2D eigenvalue weighted by Gasteiger charge is 2.25. The minimum absolute atomic E-state index is 0.677. The van der Waals surface area contributed by atoms with Crippen molar-refractivity contribution < 1.29 is 0 Å². The van der Waals surface area contributed by atoms with Crippen LogP contribution in [0.4, 0.5) is 0 Å². The van der Waals surface area contributed by atoms with Crippen LogP contribution in [-0.2, 0) is 0 Å². The molecule has 2 heterocycles. The van der Waals surface area contributed by atoms with E-state index < -0.39 is 0 Å². The molecule has 14 heavy (non-hydrogen) atoms. The molecule has 76 valence electrons. The average Bonchev–Trinajstić information content (AvgIpc) is 2.68. The molecule has 2 heteroatoms. The van der Waals surface area contributed by atoms with Crippen LogP contribution in [0.25, 0.3) is 0 Å². The van der Waals surface area contributed by atoms with Crippen LogP contribution in [-0.4, -0.2) is 29.0 Å². The second kappa shape index (κ2) is 4.09. The Kier molecular flexibility index (Phi) is 2.82. The summed E-state index contributed by atoms with van der Waals surface area (Å²) >= 11 is 0. The van der Waals surface area contributed by atoms with Gasteiger partial charge in [-0.2, -0.15) is 0 Å². The van der Waals surface area contributed by atoms with E-state index in [9.17, 15) is 0 Å². The molecule has 0 spiro atoms. The predicted molar refractivity (Wildman–Crippen MR) is 58.3 cm³/mol. The maximum absolute atomic E-state index is 4.18.